The van der Waals surface area contributed by atoms with E-state index >= 15 is 0 Å². The smallest absolute Gasteiger partial charge is 0.306 e. The van der Waals surface area contributed by atoms with Crippen molar-refractivity contribution in [3.05, 3.63) is 12.2 Å². The SMILES string of the molecule is CCCCCCCCCCC/C=C/CCCCC(=O)OC[C@H](CO[C@H]1O[C@H](CS(=O)(=O)O)[C@@H](O)C(O)C1O)OC(=O)CCCCCCCCC. The summed E-state index contributed by atoms with van der Waals surface area (Å²) in [7, 11) is -4.59. The van der Waals surface area contributed by atoms with E-state index in [1.54, 1.807) is 0 Å². The molecule has 1 saturated heterocycles. The molecular weight excluding hydrogens is 668 g/mol. The lowest BCUT2D eigenvalue weighted by Gasteiger charge is -2.40. The molecule has 2 unspecified atom stereocenters. The molecule has 13 heteroatoms. The molecule has 0 amide bonds. The Morgan fingerprint density at radius 1 is 0.660 bits per heavy atom. The van der Waals surface area contributed by atoms with Gasteiger partial charge in [0, 0.05) is 12.8 Å². The van der Waals surface area contributed by atoms with Crippen LogP contribution in [0.2, 0.25) is 0 Å². The number of carbonyl (C=O) groups is 2. The van der Waals surface area contributed by atoms with E-state index < -0.39 is 71.2 Å². The van der Waals surface area contributed by atoms with Gasteiger partial charge in [0.1, 0.15) is 36.8 Å². The summed E-state index contributed by atoms with van der Waals surface area (Å²) in [4.78, 5) is 25.1. The number of unbranched alkanes of at least 4 members (excludes halogenated alkanes) is 17. The van der Waals surface area contributed by atoms with Crippen molar-refractivity contribution in [2.45, 2.75) is 192 Å². The average molecular weight is 737 g/mol. The Hall–Kier alpha value is -1.61. The van der Waals surface area contributed by atoms with Crippen LogP contribution < -0.4 is 0 Å². The first-order valence-corrected chi connectivity index (χ1v) is 20.9. The lowest BCUT2D eigenvalue weighted by atomic mass is 10.00. The summed E-state index contributed by atoms with van der Waals surface area (Å²) < 4.78 is 53.6. The summed E-state index contributed by atoms with van der Waals surface area (Å²) in [6.45, 7) is 3.66. The Kier molecular flexibility index (Phi) is 26.8. The van der Waals surface area contributed by atoms with Gasteiger partial charge in [0.25, 0.3) is 10.1 Å². The van der Waals surface area contributed by atoms with Gasteiger partial charge in [-0.3, -0.25) is 14.1 Å². The lowest BCUT2D eigenvalue weighted by molar-refractivity contribution is -0.297. The number of aliphatic hydroxyl groups is 3. The van der Waals surface area contributed by atoms with Crippen molar-refractivity contribution < 1.29 is 56.8 Å². The fraction of sp³-hybridized carbons (Fsp3) is 0.892. The Balaban J connectivity index is 2.49. The zero-order valence-corrected chi connectivity index (χ0v) is 31.6. The van der Waals surface area contributed by atoms with E-state index in [0.717, 1.165) is 51.4 Å². The summed E-state index contributed by atoms with van der Waals surface area (Å²) in [5.41, 5.74) is 0. The van der Waals surface area contributed by atoms with Gasteiger partial charge in [-0.2, -0.15) is 8.42 Å². The van der Waals surface area contributed by atoms with Crippen LogP contribution in [0.15, 0.2) is 12.2 Å². The Labute approximate surface area is 301 Å². The van der Waals surface area contributed by atoms with E-state index in [0.29, 0.717) is 12.8 Å². The van der Waals surface area contributed by atoms with E-state index in [-0.39, 0.29) is 19.4 Å². The number of ether oxygens (including phenoxy) is 4. The second-order valence-electron chi connectivity index (χ2n) is 13.6. The van der Waals surface area contributed by atoms with Crippen LogP contribution in [0, 0.1) is 0 Å². The molecule has 6 atom stereocenters. The molecule has 1 fully saturated rings. The van der Waals surface area contributed by atoms with Crippen molar-refractivity contribution in [2.75, 3.05) is 19.0 Å². The average Bonchev–Trinajstić information content (AvgIpc) is 3.07. The van der Waals surface area contributed by atoms with E-state index in [1.165, 1.54) is 64.2 Å². The predicted molar refractivity (Wildman–Crippen MR) is 192 cm³/mol. The first kappa shape index (κ1) is 46.4. The van der Waals surface area contributed by atoms with Gasteiger partial charge in [-0.25, -0.2) is 0 Å². The second kappa shape index (κ2) is 28.9. The highest BCUT2D eigenvalue weighted by atomic mass is 32.2. The Bertz CT molecular complexity index is 1000. The van der Waals surface area contributed by atoms with Crippen molar-refractivity contribution >= 4 is 22.1 Å². The fourth-order valence-electron chi connectivity index (χ4n) is 5.79. The highest BCUT2D eigenvalue weighted by Crippen LogP contribution is 2.24. The number of hydrogen-bond acceptors (Lipinski definition) is 11. The fourth-order valence-corrected chi connectivity index (χ4v) is 6.48. The zero-order chi connectivity index (χ0) is 37.0. The molecule has 0 aliphatic carbocycles. The summed E-state index contributed by atoms with van der Waals surface area (Å²) >= 11 is 0. The molecule has 50 heavy (non-hydrogen) atoms. The van der Waals surface area contributed by atoms with Gasteiger partial charge in [0.15, 0.2) is 12.4 Å². The maximum absolute atomic E-state index is 12.6. The molecular formula is C37H68O12S. The number of aliphatic hydroxyl groups excluding tert-OH is 3. The predicted octanol–water partition coefficient (Wildman–Crippen LogP) is 6.33. The van der Waals surface area contributed by atoms with E-state index in [4.69, 9.17) is 18.9 Å². The van der Waals surface area contributed by atoms with Gasteiger partial charge < -0.3 is 34.3 Å². The molecule has 0 aromatic heterocycles. The summed E-state index contributed by atoms with van der Waals surface area (Å²) in [5, 5.41) is 30.6. The van der Waals surface area contributed by atoms with E-state index in [9.17, 15) is 37.9 Å². The van der Waals surface area contributed by atoms with Gasteiger partial charge in [0.05, 0.1) is 6.61 Å². The summed E-state index contributed by atoms with van der Waals surface area (Å²) in [5.74, 6) is -2.01. The first-order chi connectivity index (χ1) is 24.0. The lowest BCUT2D eigenvalue weighted by Crippen LogP contribution is -2.60. The van der Waals surface area contributed by atoms with Gasteiger partial charge >= 0.3 is 11.9 Å². The third-order valence-corrected chi connectivity index (χ3v) is 9.60. The van der Waals surface area contributed by atoms with Crippen LogP contribution in [0.4, 0.5) is 0 Å². The number of hydrogen-bond donors (Lipinski definition) is 4. The van der Waals surface area contributed by atoms with Crippen molar-refractivity contribution in [3.63, 3.8) is 0 Å². The molecule has 0 aromatic rings. The van der Waals surface area contributed by atoms with E-state index in [2.05, 4.69) is 26.0 Å². The molecule has 0 aromatic carbocycles. The van der Waals surface area contributed by atoms with Crippen LogP contribution in [-0.4, -0.2) is 96.0 Å². The molecule has 0 bridgehead atoms. The Morgan fingerprint density at radius 3 is 1.70 bits per heavy atom. The monoisotopic (exact) mass is 736 g/mol. The molecule has 294 valence electrons. The largest absolute Gasteiger partial charge is 0.462 e. The van der Waals surface area contributed by atoms with Crippen molar-refractivity contribution in [1.82, 2.24) is 0 Å². The molecule has 1 heterocycles. The maximum atomic E-state index is 12.6. The van der Waals surface area contributed by atoms with Crippen molar-refractivity contribution in [2.24, 2.45) is 0 Å². The van der Waals surface area contributed by atoms with Gasteiger partial charge in [-0.15, -0.1) is 0 Å². The van der Waals surface area contributed by atoms with Crippen LogP contribution >= 0.6 is 0 Å². The third-order valence-electron chi connectivity index (χ3n) is 8.85. The van der Waals surface area contributed by atoms with Crippen LogP contribution in [0.5, 0.6) is 0 Å². The normalized spacial score (nSPS) is 21.8. The van der Waals surface area contributed by atoms with Gasteiger partial charge in [-0.05, 0) is 38.5 Å². The Morgan fingerprint density at radius 2 is 1.14 bits per heavy atom. The quantitative estimate of drug-likeness (QED) is 0.0269. The van der Waals surface area contributed by atoms with E-state index in [1.807, 2.05) is 0 Å². The third kappa shape index (κ3) is 23.8. The second-order valence-corrected chi connectivity index (χ2v) is 15.1. The minimum Gasteiger partial charge on any atom is -0.462 e. The van der Waals surface area contributed by atoms with Crippen LogP contribution in [0.1, 0.15) is 155 Å². The van der Waals surface area contributed by atoms with Crippen LogP contribution in [0.25, 0.3) is 0 Å². The van der Waals surface area contributed by atoms with Crippen LogP contribution in [0.3, 0.4) is 0 Å². The summed E-state index contributed by atoms with van der Waals surface area (Å²) in [6, 6.07) is 0. The number of rotatable bonds is 31. The van der Waals surface area contributed by atoms with Gasteiger partial charge in [-0.1, -0.05) is 116 Å². The molecule has 0 radical (unpaired) electrons. The number of allylic oxidation sites excluding steroid dienone is 2. The molecule has 1 aliphatic rings. The topological polar surface area (TPSA) is 186 Å². The molecule has 4 N–H and O–H groups in total. The standard InChI is InChI=1S/C37H68O12S/c1-3-5-7-9-11-12-13-14-15-16-17-18-20-21-23-25-32(38)46-27-30(48-33(39)26-24-22-19-10-8-6-4-2)28-47-37-36(42)35(41)34(40)31(49-37)29-50(43,44)45/h17-18,30-31,34-37,40-42H,3-16,19-29H2,1-2H3,(H,43,44,45)/b18-17+/t30-,31-,34-,35?,36?,37+/m1/s1. The molecule has 0 spiro atoms. The number of esters is 2. The highest BCUT2D eigenvalue weighted by molar-refractivity contribution is 7.85. The van der Waals surface area contributed by atoms with Crippen LogP contribution in [-0.2, 0) is 38.7 Å². The van der Waals surface area contributed by atoms with Gasteiger partial charge in [0.2, 0.25) is 0 Å². The summed E-state index contributed by atoms with van der Waals surface area (Å²) in [6.07, 6.45) is 17.4. The maximum Gasteiger partial charge on any atom is 0.306 e. The van der Waals surface area contributed by atoms with Crippen molar-refractivity contribution in [3.8, 4) is 0 Å². The number of carbonyl (C=O) groups excluding carboxylic acids is 2. The molecule has 12 nitrogen and oxygen atoms in total. The highest BCUT2D eigenvalue weighted by Gasteiger charge is 2.46. The molecule has 0 saturated carbocycles. The van der Waals surface area contributed by atoms with Crippen molar-refractivity contribution in [1.29, 1.82) is 0 Å². The molecule has 1 rings (SSSR count). The minimum atomic E-state index is -4.59. The zero-order valence-electron chi connectivity index (χ0n) is 30.8. The first-order valence-electron chi connectivity index (χ1n) is 19.2. The minimum absolute atomic E-state index is 0.161. The molecule has 1 aliphatic heterocycles.